The van der Waals surface area contributed by atoms with Gasteiger partial charge < -0.3 is 9.47 Å². The summed E-state index contributed by atoms with van der Waals surface area (Å²) in [5.74, 6) is -0.0124. The van der Waals surface area contributed by atoms with Crippen LogP contribution in [0.3, 0.4) is 0 Å². The van der Waals surface area contributed by atoms with E-state index in [1.54, 1.807) is 0 Å². The van der Waals surface area contributed by atoms with Crippen LogP contribution in [0.5, 0.6) is 11.8 Å². The zero-order chi connectivity index (χ0) is 18.1. The molecule has 1 aromatic carbocycles. The predicted molar refractivity (Wildman–Crippen MR) is 83.9 cm³/mol. The average molecular weight is 357 g/mol. The second-order valence-electron chi connectivity index (χ2n) is 4.81. The monoisotopic (exact) mass is 357 g/mol. The van der Waals surface area contributed by atoms with Crippen LogP contribution in [0.2, 0.25) is 0 Å². The van der Waals surface area contributed by atoms with Gasteiger partial charge >= 0.3 is 0 Å². The molecule has 0 spiro atoms. The second kappa shape index (κ2) is 6.53. The van der Waals surface area contributed by atoms with Crippen molar-refractivity contribution >= 4 is 26.8 Å². The van der Waals surface area contributed by atoms with Crippen LogP contribution in [0.15, 0.2) is 12.1 Å². The summed E-state index contributed by atoms with van der Waals surface area (Å²) in [5, 5.41) is 9.74. The number of hydrogen-bond donors (Lipinski definition) is 1. The number of nitro benzene ring substituents is 1. The fraction of sp³-hybridized carbons (Fsp3) is 0.385. The molecule has 1 atom stereocenters. The molecule has 0 aliphatic heterocycles. The van der Waals surface area contributed by atoms with Crippen molar-refractivity contribution in [1.82, 2.24) is 9.97 Å². The molecule has 0 aliphatic rings. The number of fused-ring (bicyclic) bond motifs is 1. The number of nitrogens with zero attached hydrogens (tertiary/aromatic N) is 3. The van der Waals surface area contributed by atoms with Crippen LogP contribution < -0.4 is 9.47 Å². The van der Waals surface area contributed by atoms with Crippen LogP contribution in [0.25, 0.3) is 11.0 Å². The highest BCUT2D eigenvalue weighted by molar-refractivity contribution is 7.86. The van der Waals surface area contributed by atoms with Gasteiger partial charge in [-0.25, -0.2) is 9.97 Å². The van der Waals surface area contributed by atoms with Gasteiger partial charge in [-0.3, -0.25) is 14.7 Å². The third-order valence-corrected chi connectivity index (χ3v) is 4.70. The zero-order valence-electron chi connectivity index (χ0n) is 13.1. The van der Waals surface area contributed by atoms with Gasteiger partial charge in [-0.2, -0.15) is 8.42 Å². The maximum absolute atomic E-state index is 11.6. The molecule has 1 unspecified atom stereocenters. The molecular formula is C13H15N3O7S. The van der Waals surface area contributed by atoms with Crippen LogP contribution in [0.1, 0.15) is 24.2 Å². The lowest BCUT2D eigenvalue weighted by atomic mass is 10.1. The number of benzene rings is 1. The first-order chi connectivity index (χ1) is 11.2. The Balaban J connectivity index is 2.91. The maximum Gasteiger partial charge on any atom is 0.278 e. The van der Waals surface area contributed by atoms with Gasteiger partial charge in [0.2, 0.25) is 0 Å². The third kappa shape index (κ3) is 3.21. The first kappa shape index (κ1) is 17.8. The fourth-order valence-electron chi connectivity index (χ4n) is 2.35. The van der Waals surface area contributed by atoms with E-state index in [1.165, 1.54) is 21.1 Å². The van der Waals surface area contributed by atoms with E-state index in [2.05, 4.69) is 9.97 Å². The molecule has 0 saturated heterocycles. The van der Waals surface area contributed by atoms with Crippen molar-refractivity contribution < 1.29 is 27.4 Å². The molecule has 130 valence electrons. The summed E-state index contributed by atoms with van der Waals surface area (Å²) >= 11 is 0. The van der Waals surface area contributed by atoms with Gasteiger partial charge in [-0.05, 0) is 6.42 Å². The first-order valence-electron chi connectivity index (χ1n) is 6.77. The highest BCUT2D eigenvalue weighted by Gasteiger charge is 2.29. The van der Waals surface area contributed by atoms with E-state index in [1.807, 2.05) is 0 Å². The van der Waals surface area contributed by atoms with Crippen molar-refractivity contribution in [3.05, 3.63) is 27.8 Å². The van der Waals surface area contributed by atoms with Crippen molar-refractivity contribution in [2.45, 2.75) is 18.6 Å². The second-order valence-corrected chi connectivity index (χ2v) is 6.41. The van der Waals surface area contributed by atoms with Crippen molar-refractivity contribution in [2.24, 2.45) is 0 Å². The van der Waals surface area contributed by atoms with Crippen LogP contribution >= 0.6 is 0 Å². The van der Waals surface area contributed by atoms with E-state index in [9.17, 15) is 23.1 Å². The summed E-state index contributed by atoms with van der Waals surface area (Å²) in [5.41, 5.74) is -0.277. The summed E-state index contributed by atoms with van der Waals surface area (Å²) in [7, 11) is -1.85. The predicted octanol–water partition coefficient (Wildman–Crippen LogP) is 1.89. The SMILES string of the molecule is CCC(c1cc([N+](=O)[O-])cc2nc(OC)c(OC)nc12)S(=O)(=O)O. The number of rotatable bonds is 6. The molecule has 1 N–H and O–H groups in total. The average Bonchev–Trinajstić information content (AvgIpc) is 2.52. The number of nitro groups is 1. The van der Waals surface area contributed by atoms with Gasteiger partial charge in [0.25, 0.3) is 27.6 Å². The number of non-ortho nitro benzene ring substituents is 1. The molecular weight excluding hydrogens is 342 g/mol. The number of aromatic nitrogens is 2. The molecule has 0 aliphatic carbocycles. The lowest BCUT2D eigenvalue weighted by Gasteiger charge is -2.15. The van der Waals surface area contributed by atoms with E-state index < -0.39 is 20.3 Å². The molecule has 24 heavy (non-hydrogen) atoms. The zero-order valence-corrected chi connectivity index (χ0v) is 13.9. The van der Waals surface area contributed by atoms with Gasteiger partial charge in [-0.15, -0.1) is 0 Å². The molecule has 1 aromatic heterocycles. The topological polar surface area (TPSA) is 142 Å². The minimum atomic E-state index is -4.50. The molecule has 11 heteroatoms. The molecule has 1 heterocycles. The van der Waals surface area contributed by atoms with E-state index in [0.717, 1.165) is 12.1 Å². The first-order valence-corrected chi connectivity index (χ1v) is 8.27. The van der Waals surface area contributed by atoms with Gasteiger partial charge in [-0.1, -0.05) is 6.92 Å². The smallest absolute Gasteiger partial charge is 0.278 e. The Bertz CT molecular complexity index is 898. The van der Waals surface area contributed by atoms with E-state index in [-0.39, 0.29) is 40.5 Å². The van der Waals surface area contributed by atoms with Crippen molar-refractivity contribution in [3.8, 4) is 11.8 Å². The molecule has 0 saturated carbocycles. The Labute approximate surface area is 137 Å². The standard InChI is InChI=1S/C13H15N3O7S/c1-4-10(24(19,20)21)8-5-7(16(17)18)6-9-11(8)15-13(23-3)12(14-9)22-2/h5-6,10H,4H2,1-3H3,(H,19,20,21). The Hall–Kier alpha value is -2.53. The number of hydrogen-bond acceptors (Lipinski definition) is 8. The van der Waals surface area contributed by atoms with Crippen molar-refractivity contribution in [2.75, 3.05) is 14.2 Å². The normalized spacial score (nSPS) is 12.8. The van der Waals surface area contributed by atoms with Gasteiger partial charge in [0.05, 0.1) is 24.7 Å². The maximum atomic E-state index is 11.6. The highest BCUT2D eigenvalue weighted by Crippen LogP contribution is 2.36. The minimum Gasteiger partial charge on any atom is -0.477 e. The summed E-state index contributed by atoms with van der Waals surface area (Å²) in [4.78, 5) is 18.7. The molecule has 0 amide bonds. The Morgan fingerprint density at radius 2 is 1.83 bits per heavy atom. The third-order valence-electron chi connectivity index (χ3n) is 3.40. The van der Waals surface area contributed by atoms with Crippen LogP contribution in [-0.2, 0) is 10.1 Å². The summed E-state index contributed by atoms with van der Waals surface area (Å²) in [6.07, 6.45) is -0.00880. The Morgan fingerprint density at radius 3 is 2.29 bits per heavy atom. The van der Waals surface area contributed by atoms with Gasteiger partial charge in [0.15, 0.2) is 0 Å². The molecule has 0 bridgehead atoms. The minimum absolute atomic E-state index is 0.00338. The van der Waals surface area contributed by atoms with Crippen LogP contribution in [0.4, 0.5) is 5.69 Å². The Kier molecular flexibility index (Phi) is 4.85. The lowest BCUT2D eigenvalue weighted by Crippen LogP contribution is -2.13. The van der Waals surface area contributed by atoms with Crippen LogP contribution in [0, 0.1) is 10.1 Å². The van der Waals surface area contributed by atoms with E-state index in [0.29, 0.717) is 0 Å². The molecule has 0 radical (unpaired) electrons. The molecule has 10 nitrogen and oxygen atoms in total. The molecule has 2 aromatic rings. The Morgan fingerprint density at radius 1 is 1.25 bits per heavy atom. The largest absolute Gasteiger partial charge is 0.477 e. The fourth-order valence-corrected chi connectivity index (χ4v) is 3.27. The summed E-state index contributed by atoms with van der Waals surface area (Å²) < 4.78 is 42.8. The summed E-state index contributed by atoms with van der Waals surface area (Å²) in [6.45, 7) is 1.53. The van der Waals surface area contributed by atoms with Crippen LogP contribution in [-0.4, -0.2) is 42.1 Å². The van der Waals surface area contributed by atoms with E-state index >= 15 is 0 Å². The lowest BCUT2D eigenvalue weighted by molar-refractivity contribution is -0.384. The highest BCUT2D eigenvalue weighted by atomic mass is 32.2. The quantitative estimate of drug-likeness (QED) is 0.466. The number of ether oxygens (including phenoxy) is 2. The van der Waals surface area contributed by atoms with E-state index in [4.69, 9.17) is 9.47 Å². The molecule has 0 fully saturated rings. The summed E-state index contributed by atoms with van der Waals surface area (Å²) in [6, 6.07) is 2.20. The van der Waals surface area contributed by atoms with Crippen molar-refractivity contribution in [1.29, 1.82) is 0 Å². The van der Waals surface area contributed by atoms with Gasteiger partial charge in [0, 0.05) is 17.7 Å². The van der Waals surface area contributed by atoms with Crippen molar-refractivity contribution in [3.63, 3.8) is 0 Å². The van der Waals surface area contributed by atoms with Gasteiger partial charge in [0.1, 0.15) is 10.8 Å². The molecule has 2 rings (SSSR count). The number of methoxy groups -OCH3 is 2.